The molecule has 0 spiro atoms. The summed E-state index contributed by atoms with van der Waals surface area (Å²) in [4.78, 5) is 16.9. The first-order valence-corrected chi connectivity index (χ1v) is 10.4. The predicted molar refractivity (Wildman–Crippen MR) is 127 cm³/mol. The molecule has 4 aromatic carbocycles. The van der Waals surface area contributed by atoms with Crippen LogP contribution in [0.5, 0.6) is 5.75 Å². The van der Waals surface area contributed by atoms with E-state index in [-0.39, 0.29) is 5.70 Å². The van der Waals surface area contributed by atoms with Gasteiger partial charge in [-0.15, -0.1) is 0 Å². The van der Waals surface area contributed by atoms with Crippen molar-refractivity contribution in [3.63, 3.8) is 0 Å². The van der Waals surface area contributed by atoms with Crippen LogP contribution in [0.1, 0.15) is 22.3 Å². The highest BCUT2D eigenvalue weighted by atomic mass is 16.6. The lowest BCUT2D eigenvalue weighted by molar-refractivity contribution is -0.129. The number of carbonyl (C=O) groups excluding carboxylic acids is 1. The number of benzene rings is 4. The molecule has 32 heavy (non-hydrogen) atoms. The number of esters is 1. The Morgan fingerprint density at radius 2 is 1.69 bits per heavy atom. The summed E-state index contributed by atoms with van der Waals surface area (Å²) >= 11 is 0. The minimum Gasteiger partial charge on any atom is -0.489 e. The number of aryl methyl sites for hydroxylation is 1. The predicted octanol–water partition coefficient (Wildman–Crippen LogP) is 6.07. The Kier molecular flexibility index (Phi) is 5.26. The summed E-state index contributed by atoms with van der Waals surface area (Å²) in [6.45, 7) is 2.54. The number of ether oxygens (including phenoxy) is 2. The number of hydrogen-bond acceptors (Lipinski definition) is 4. The minimum atomic E-state index is -0.459. The van der Waals surface area contributed by atoms with Crippen molar-refractivity contribution in [1.82, 2.24) is 0 Å². The molecule has 0 bridgehead atoms. The topological polar surface area (TPSA) is 47.9 Å². The number of carbonyl (C=O) groups is 1. The van der Waals surface area contributed by atoms with Gasteiger partial charge in [0.15, 0.2) is 5.70 Å². The van der Waals surface area contributed by atoms with E-state index < -0.39 is 5.97 Å². The lowest BCUT2D eigenvalue weighted by Crippen LogP contribution is -2.05. The largest absolute Gasteiger partial charge is 0.489 e. The third-order valence-corrected chi connectivity index (χ3v) is 5.30. The maximum Gasteiger partial charge on any atom is 0.363 e. The molecule has 1 heterocycles. The van der Waals surface area contributed by atoms with Crippen molar-refractivity contribution >= 4 is 28.7 Å². The van der Waals surface area contributed by atoms with Crippen molar-refractivity contribution in [1.29, 1.82) is 0 Å². The zero-order valence-corrected chi connectivity index (χ0v) is 17.6. The Morgan fingerprint density at radius 3 is 2.53 bits per heavy atom. The summed E-state index contributed by atoms with van der Waals surface area (Å²) in [6.07, 6.45) is 1.72. The van der Waals surface area contributed by atoms with Crippen LogP contribution in [0.15, 0.2) is 102 Å². The van der Waals surface area contributed by atoms with Crippen LogP contribution in [0, 0.1) is 6.92 Å². The number of fused-ring (bicyclic) bond motifs is 1. The molecule has 0 fully saturated rings. The van der Waals surface area contributed by atoms with Gasteiger partial charge in [-0.25, -0.2) is 9.79 Å². The molecule has 0 aliphatic carbocycles. The van der Waals surface area contributed by atoms with Gasteiger partial charge in [-0.1, -0.05) is 72.3 Å². The van der Waals surface area contributed by atoms with E-state index in [4.69, 9.17) is 9.47 Å². The molecule has 4 nitrogen and oxygen atoms in total. The molecule has 0 saturated heterocycles. The molecular weight excluding hydrogens is 398 g/mol. The lowest BCUT2D eigenvalue weighted by Gasteiger charge is -2.07. The Morgan fingerprint density at radius 1 is 0.875 bits per heavy atom. The highest BCUT2D eigenvalue weighted by Crippen LogP contribution is 2.24. The van der Waals surface area contributed by atoms with Gasteiger partial charge < -0.3 is 9.47 Å². The third-order valence-electron chi connectivity index (χ3n) is 5.30. The maximum absolute atomic E-state index is 12.4. The van der Waals surface area contributed by atoms with E-state index >= 15 is 0 Å². The fourth-order valence-electron chi connectivity index (χ4n) is 3.56. The van der Waals surface area contributed by atoms with Crippen LogP contribution in [0.2, 0.25) is 0 Å². The fraction of sp³-hybridized carbons (Fsp3) is 0.0714. The molecule has 5 rings (SSSR count). The summed E-state index contributed by atoms with van der Waals surface area (Å²) in [5, 5.41) is 2.19. The Hall–Kier alpha value is -4.18. The molecule has 0 radical (unpaired) electrons. The van der Waals surface area contributed by atoms with Crippen LogP contribution < -0.4 is 4.74 Å². The van der Waals surface area contributed by atoms with Gasteiger partial charge in [0.05, 0.1) is 0 Å². The summed E-state index contributed by atoms with van der Waals surface area (Å²) in [7, 11) is 0. The molecule has 0 amide bonds. The first kappa shape index (κ1) is 19.8. The fourth-order valence-corrected chi connectivity index (χ4v) is 3.56. The molecule has 156 valence electrons. The van der Waals surface area contributed by atoms with E-state index in [1.54, 1.807) is 6.08 Å². The van der Waals surface area contributed by atoms with Crippen LogP contribution in [0.25, 0.3) is 16.8 Å². The van der Waals surface area contributed by atoms with Crippen molar-refractivity contribution in [3.8, 4) is 5.75 Å². The average Bonchev–Trinajstić information content (AvgIpc) is 3.18. The average molecular weight is 419 g/mol. The lowest BCUT2D eigenvalue weighted by atomic mass is 10.1. The Balaban J connectivity index is 1.35. The van der Waals surface area contributed by atoms with Crippen LogP contribution in [0.4, 0.5) is 0 Å². The van der Waals surface area contributed by atoms with Crippen molar-refractivity contribution < 1.29 is 14.3 Å². The van der Waals surface area contributed by atoms with E-state index in [2.05, 4.69) is 36.2 Å². The van der Waals surface area contributed by atoms with Crippen molar-refractivity contribution in [2.75, 3.05) is 0 Å². The molecule has 4 heteroatoms. The van der Waals surface area contributed by atoms with Crippen molar-refractivity contribution in [3.05, 3.63) is 119 Å². The van der Waals surface area contributed by atoms with Crippen LogP contribution >= 0.6 is 0 Å². The second-order valence-corrected chi connectivity index (χ2v) is 7.74. The van der Waals surface area contributed by atoms with Crippen molar-refractivity contribution in [2.24, 2.45) is 4.99 Å². The number of cyclic esters (lactones) is 1. The standard InChI is InChI=1S/C28H21NO3/c1-19-9-11-20(12-10-19)18-31-25-8-4-5-21(15-25)16-26-28(30)32-27(29-26)24-14-13-22-6-2-3-7-23(22)17-24/h2-17H,18H2,1H3/b26-16-. The Labute approximate surface area is 186 Å². The molecule has 0 atom stereocenters. The molecule has 0 aromatic heterocycles. The van der Waals surface area contributed by atoms with Gasteiger partial charge >= 0.3 is 5.97 Å². The molecule has 1 aliphatic rings. The second-order valence-electron chi connectivity index (χ2n) is 7.74. The third kappa shape index (κ3) is 4.30. The number of nitrogens with zero attached hydrogens (tertiary/aromatic N) is 1. The van der Waals surface area contributed by atoms with Gasteiger partial charge in [0.2, 0.25) is 5.90 Å². The van der Waals surface area contributed by atoms with Crippen molar-refractivity contribution in [2.45, 2.75) is 13.5 Å². The van der Waals surface area contributed by atoms with Gasteiger partial charge in [0, 0.05) is 5.56 Å². The van der Waals surface area contributed by atoms with E-state index in [0.29, 0.717) is 12.5 Å². The van der Waals surface area contributed by atoms with E-state index in [9.17, 15) is 4.79 Å². The van der Waals surface area contributed by atoms with Gasteiger partial charge in [0.1, 0.15) is 12.4 Å². The van der Waals surface area contributed by atoms with Gasteiger partial charge in [0.25, 0.3) is 0 Å². The molecule has 0 saturated carbocycles. The summed E-state index contributed by atoms with van der Waals surface area (Å²) in [6, 6.07) is 29.7. The van der Waals surface area contributed by atoms with Gasteiger partial charge in [-0.05, 0) is 59.2 Å². The second kappa shape index (κ2) is 8.52. The summed E-state index contributed by atoms with van der Waals surface area (Å²) < 4.78 is 11.4. The van der Waals surface area contributed by atoms with E-state index in [1.165, 1.54) is 5.56 Å². The minimum absolute atomic E-state index is 0.267. The SMILES string of the molecule is Cc1ccc(COc2cccc(/C=C3\N=C(c4ccc5ccccc5c4)OC3=O)c2)cc1. The monoisotopic (exact) mass is 419 g/mol. The van der Waals surface area contributed by atoms with Crippen LogP contribution in [0.3, 0.4) is 0 Å². The smallest absolute Gasteiger partial charge is 0.363 e. The van der Waals surface area contributed by atoms with Crippen LogP contribution in [-0.2, 0) is 16.1 Å². The quantitative estimate of drug-likeness (QED) is 0.291. The summed E-state index contributed by atoms with van der Waals surface area (Å²) in [5.74, 6) is 0.586. The van der Waals surface area contributed by atoms with Crippen LogP contribution in [-0.4, -0.2) is 11.9 Å². The van der Waals surface area contributed by atoms with E-state index in [0.717, 1.165) is 33.2 Å². The maximum atomic E-state index is 12.4. The molecule has 1 aliphatic heterocycles. The Bertz CT molecular complexity index is 1370. The van der Waals surface area contributed by atoms with Gasteiger partial charge in [-0.2, -0.15) is 0 Å². The molecular formula is C28H21NO3. The molecule has 0 N–H and O–H groups in total. The highest BCUT2D eigenvalue weighted by Gasteiger charge is 2.24. The zero-order valence-electron chi connectivity index (χ0n) is 17.6. The van der Waals surface area contributed by atoms with Gasteiger partial charge in [-0.3, -0.25) is 0 Å². The normalized spacial score (nSPS) is 14.5. The number of aliphatic imine (C=N–C) groups is 1. The molecule has 4 aromatic rings. The first-order valence-electron chi connectivity index (χ1n) is 10.4. The summed E-state index contributed by atoms with van der Waals surface area (Å²) in [5.41, 5.74) is 4.18. The zero-order chi connectivity index (χ0) is 21.9. The first-order chi connectivity index (χ1) is 15.6. The van der Waals surface area contributed by atoms with E-state index in [1.807, 2.05) is 66.7 Å². The number of hydrogen-bond donors (Lipinski definition) is 0. The molecule has 0 unspecified atom stereocenters. The number of rotatable bonds is 5. The highest BCUT2D eigenvalue weighted by molar-refractivity contribution is 6.13.